The molecule has 0 aliphatic carbocycles. The average molecular weight is 148 g/mol. The molecule has 10 heavy (non-hydrogen) atoms. The Bertz CT molecular complexity index is 207. The van der Waals surface area contributed by atoms with Crippen LogP contribution in [0.15, 0.2) is 6.20 Å². The molecule has 0 aliphatic rings. The monoisotopic (exact) mass is 148 g/mol. The molecule has 0 aromatic carbocycles. The standard InChI is InChI=1S/C4HF3N3/c5-4(6,7)3-8-1-2-9-10-3/h2H. The normalized spacial score (nSPS) is 11.5. The fourth-order valence-electron chi connectivity index (χ4n) is 0.342. The van der Waals surface area contributed by atoms with Gasteiger partial charge in [-0.3, -0.25) is 0 Å². The van der Waals surface area contributed by atoms with Crippen LogP contribution in [0.5, 0.6) is 0 Å². The first-order chi connectivity index (χ1) is 4.61. The second kappa shape index (κ2) is 2.20. The van der Waals surface area contributed by atoms with Gasteiger partial charge in [-0.25, -0.2) is 4.98 Å². The van der Waals surface area contributed by atoms with Crippen molar-refractivity contribution in [3.05, 3.63) is 18.2 Å². The van der Waals surface area contributed by atoms with E-state index in [0.29, 0.717) is 0 Å². The van der Waals surface area contributed by atoms with Crippen molar-refractivity contribution < 1.29 is 13.2 Å². The minimum Gasteiger partial charge on any atom is -0.219 e. The van der Waals surface area contributed by atoms with Crippen LogP contribution in [-0.2, 0) is 6.18 Å². The first-order valence-corrected chi connectivity index (χ1v) is 2.23. The molecule has 1 heterocycles. The lowest BCUT2D eigenvalue weighted by Crippen LogP contribution is -2.11. The molecule has 1 aromatic heterocycles. The molecule has 1 aromatic rings. The number of hydrogen-bond donors (Lipinski definition) is 0. The fourth-order valence-corrected chi connectivity index (χ4v) is 0.342. The van der Waals surface area contributed by atoms with Crippen LogP contribution in [0.2, 0.25) is 0 Å². The number of rotatable bonds is 0. The Morgan fingerprint density at radius 1 is 1.40 bits per heavy atom. The van der Waals surface area contributed by atoms with Crippen LogP contribution in [-0.4, -0.2) is 15.2 Å². The quantitative estimate of drug-likeness (QED) is 0.543. The Morgan fingerprint density at radius 3 is 2.40 bits per heavy atom. The second-order valence-corrected chi connectivity index (χ2v) is 1.41. The number of halogens is 3. The van der Waals surface area contributed by atoms with Crippen LogP contribution in [0, 0.1) is 6.20 Å². The van der Waals surface area contributed by atoms with E-state index >= 15 is 0 Å². The van der Waals surface area contributed by atoms with Gasteiger partial charge in [-0.1, -0.05) is 0 Å². The van der Waals surface area contributed by atoms with Crippen molar-refractivity contribution in [2.75, 3.05) is 0 Å². The third-order valence-electron chi connectivity index (χ3n) is 0.692. The number of nitrogens with zero attached hydrogens (tertiary/aromatic N) is 3. The lowest BCUT2D eigenvalue weighted by molar-refractivity contribution is -0.145. The van der Waals surface area contributed by atoms with Gasteiger partial charge in [0.1, 0.15) is 6.20 Å². The van der Waals surface area contributed by atoms with E-state index < -0.39 is 12.0 Å². The lowest BCUT2D eigenvalue weighted by Gasteiger charge is -1.99. The zero-order valence-electron chi connectivity index (χ0n) is 4.55. The van der Waals surface area contributed by atoms with E-state index in [1.165, 1.54) is 0 Å². The van der Waals surface area contributed by atoms with Gasteiger partial charge >= 0.3 is 6.18 Å². The van der Waals surface area contributed by atoms with Gasteiger partial charge in [0.2, 0.25) is 0 Å². The Balaban J connectivity index is 2.97. The van der Waals surface area contributed by atoms with E-state index in [9.17, 15) is 13.2 Å². The van der Waals surface area contributed by atoms with Crippen molar-refractivity contribution >= 4 is 0 Å². The summed E-state index contributed by atoms with van der Waals surface area (Å²) < 4.78 is 34.8. The molecule has 0 fully saturated rings. The van der Waals surface area contributed by atoms with Crippen LogP contribution < -0.4 is 0 Å². The summed E-state index contributed by atoms with van der Waals surface area (Å²) in [6.45, 7) is 0. The van der Waals surface area contributed by atoms with Crippen molar-refractivity contribution in [3.63, 3.8) is 0 Å². The molecular formula is C4HF3N3. The molecule has 0 saturated heterocycles. The van der Waals surface area contributed by atoms with Crippen LogP contribution in [0.25, 0.3) is 0 Å². The van der Waals surface area contributed by atoms with Crippen molar-refractivity contribution in [3.8, 4) is 0 Å². The highest BCUT2D eigenvalue weighted by Gasteiger charge is 2.34. The maximum absolute atomic E-state index is 11.6. The maximum atomic E-state index is 11.6. The highest BCUT2D eigenvalue weighted by Crippen LogP contribution is 2.24. The maximum Gasteiger partial charge on any atom is 0.453 e. The Morgan fingerprint density at radius 2 is 2.10 bits per heavy atom. The average Bonchev–Trinajstić information content (AvgIpc) is 1.88. The lowest BCUT2D eigenvalue weighted by atomic mass is 10.6. The highest BCUT2D eigenvalue weighted by molar-refractivity contribution is 4.85. The van der Waals surface area contributed by atoms with Crippen molar-refractivity contribution in [1.82, 2.24) is 15.2 Å². The van der Waals surface area contributed by atoms with Crippen LogP contribution in [0.3, 0.4) is 0 Å². The smallest absolute Gasteiger partial charge is 0.219 e. The predicted octanol–water partition coefficient (Wildman–Crippen LogP) is 0.691. The van der Waals surface area contributed by atoms with Gasteiger partial charge in [-0.15, -0.1) is 5.10 Å². The van der Waals surface area contributed by atoms with Crippen molar-refractivity contribution in [2.45, 2.75) is 6.18 Å². The molecule has 0 N–H and O–H groups in total. The van der Waals surface area contributed by atoms with Crippen molar-refractivity contribution in [1.29, 1.82) is 0 Å². The number of aromatic nitrogens is 3. The van der Waals surface area contributed by atoms with Crippen LogP contribution in [0.4, 0.5) is 13.2 Å². The van der Waals surface area contributed by atoms with Gasteiger partial charge in [-0.05, 0) is 0 Å². The zero-order chi connectivity index (χ0) is 7.61. The molecule has 3 nitrogen and oxygen atoms in total. The van der Waals surface area contributed by atoms with Crippen LogP contribution >= 0.6 is 0 Å². The largest absolute Gasteiger partial charge is 0.453 e. The first-order valence-electron chi connectivity index (χ1n) is 2.23. The summed E-state index contributed by atoms with van der Waals surface area (Å²) in [7, 11) is 0. The molecule has 0 amide bonds. The van der Waals surface area contributed by atoms with E-state index in [1.807, 2.05) is 6.20 Å². The van der Waals surface area contributed by atoms with Gasteiger partial charge < -0.3 is 0 Å². The summed E-state index contributed by atoms with van der Waals surface area (Å²) in [5.74, 6) is -1.27. The molecule has 0 aliphatic heterocycles. The second-order valence-electron chi connectivity index (χ2n) is 1.41. The van der Waals surface area contributed by atoms with E-state index in [1.54, 1.807) is 0 Å². The van der Waals surface area contributed by atoms with Crippen LogP contribution in [0.1, 0.15) is 5.82 Å². The molecule has 6 heteroatoms. The summed E-state index contributed by atoms with van der Waals surface area (Å²) in [6.07, 6.45) is -1.65. The summed E-state index contributed by atoms with van der Waals surface area (Å²) in [5, 5.41) is 5.70. The third-order valence-corrected chi connectivity index (χ3v) is 0.692. The molecule has 53 valence electrons. The van der Waals surface area contributed by atoms with E-state index in [2.05, 4.69) is 15.2 Å². The molecular weight excluding hydrogens is 147 g/mol. The molecule has 0 unspecified atom stereocenters. The van der Waals surface area contributed by atoms with E-state index in [-0.39, 0.29) is 0 Å². The minimum atomic E-state index is -4.52. The topological polar surface area (TPSA) is 38.7 Å². The molecule has 0 saturated carbocycles. The highest BCUT2D eigenvalue weighted by atomic mass is 19.4. The minimum absolute atomic E-state index is 0.954. The number of alkyl halides is 3. The number of hydrogen-bond acceptors (Lipinski definition) is 3. The zero-order valence-corrected chi connectivity index (χ0v) is 4.55. The van der Waals surface area contributed by atoms with Gasteiger partial charge in [0.05, 0.1) is 6.20 Å². The molecule has 0 spiro atoms. The SMILES string of the molecule is FC(F)(F)c1n[c]cnn1. The van der Waals surface area contributed by atoms with E-state index in [0.717, 1.165) is 6.20 Å². The van der Waals surface area contributed by atoms with Gasteiger partial charge in [0, 0.05) is 0 Å². The molecule has 0 bridgehead atoms. The predicted molar refractivity (Wildman–Crippen MR) is 23.7 cm³/mol. The summed E-state index contributed by atoms with van der Waals surface area (Å²) in [5.41, 5.74) is 0. The van der Waals surface area contributed by atoms with Gasteiger partial charge in [-0.2, -0.15) is 18.3 Å². The van der Waals surface area contributed by atoms with Gasteiger partial charge in [0.25, 0.3) is 5.82 Å². The Labute approximate surface area is 53.9 Å². The van der Waals surface area contributed by atoms with Gasteiger partial charge in [0.15, 0.2) is 0 Å². The Hall–Kier alpha value is -1.20. The summed E-state index contributed by atoms with van der Waals surface area (Å²) >= 11 is 0. The third kappa shape index (κ3) is 1.40. The van der Waals surface area contributed by atoms with Crippen molar-refractivity contribution in [2.24, 2.45) is 0 Å². The molecule has 0 atom stereocenters. The first kappa shape index (κ1) is 6.91. The Kier molecular flexibility index (Phi) is 1.52. The summed E-state index contributed by atoms with van der Waals surface area (Å²) in [4.78, 5) is 2.83. The molecule has 1 radical (unpaired) electrons. The molecule has 1 rings (SSSR count). The fraction of sp³-hybridized carbons (Fsp3) is 0.250. The summed E-state index contributed by atoms with van der Waals surface area (Å²) in [6, 6.07) is 0. The van der Waals surface area contributed by atoms with E-state index in [4.69, 9.17) is 0 Å².